The van der Waals surface area contributed by atoms with Crippen molar-refractivity contribution in [2.75, 3.05) is 0 Å². The normalized spacial score (nSPS) is 12.9. The lowest BCUT2D eigenvalue weighted by molar-refractivity contribution is 0.151. The van der Waals surface area contributed by atoms with Crippen LogP contribution in [-0.4, -0.2) is 14.7 Å². The second kappa shape index (κ2) is 4.99. The molecular formula is C12H16N2O2. The molecule has 2 heterocycles. The van der Waals surface area contributed by atoms with Gasteiger partial charge in [0.15, 0.2) is 0 Å². The fourth-order valence-corrected chi connectivity index (χ4v) is 1.75. The van der Waals surface area contributed by atoms with Gasteiger partial charge < -0.3 is 14.1 Å². The first-order valence-corrected chi connectivity index (χ1v) is 5.52. The predicted octanol–water partition coefficient (Wildman–Crippen LogP) is 2.16. The van der Waals surface area contributed by atoms with Crippen molar-refractivity contribution in [2.45, 2.75) is 32.4 Å². The van der Waals surface area contributed by atoms with E-state index in [-0.39, 0.29) is 0 Å². The van der Waals surface area contributed by atoms with Crippen LogP contribution in [0.15, 0.2) is 35.2 Å². The van der Waals surface area contributed by atoms with Crippen molar-refractivity contribution >= 4 is 0 Å². The van der Waals surface area contributed by atoms with Gasteiger partial charge in [0.1, 0.15) is 17.7 Å². The van der Waals surface area contributed by atoms with E-state index in [9.17, 15) is 5.11 Å². The molecule has 0 aliphatic heterocycles. The number of aromatic nitrogens is 2. The van der Waals surface area contributed by atoms with E-state index in [4.69, 9.17) is 4.42 Å². The second-order valence-corrected chi connectivity index (χ2v) is 3.71. The summed E-state index contributed by atoms with van der Waals surface area (Å²) in [6.45, 7) is 2.86. The maximum atomic E-state index is 10.00. The van der Waals surface area contributed by atoms with E-state index in [1.807, 2.05) is 29.8 Å². The number of furan rings is 1. The zero-order valence-corrected chi connectivity index (χ0v) is 9.34. The van der Waals surface area contributed by atoms with Gasteiger partial charge in [0, 0.05) is 25.4 Å². The van der Waals surface area contributed by atoms with Crippen molar-refractivity contribution in [3.8, 4) is 0 Å². The number of hydrogen-bond donors (Lipinski definition) is 1. The van der Waals surface area contributed by atoms with Crippen molar-refractivity contribution in [3.63, 3.8) is 0 Å². The van der Waals surface area contributed by atoms with Crippen LogP contribution in [0.1, 0.15) is 31.0 Å². The SMILES string of the molecule is CCn1ccnc1C(O)CCc1ccco1. The van der Waals surface area contributed by atoms with Crippen LogP contribution in [0.5, 0.6) is 0 Å². The third kappa shape index (κ3) is 2.33. The summed E-state index contributed by atoms with van der Waals surface area (Å²) in [5.74, 6) is 1.63. The van der Waals surface area contributed by atoms with Gasteiger partial charge in [-0.25, -0.2) is 4.98 Å². The first-order valence-electron chi connectivity index (χ1n) is 5.52. The van der Waals surface area contributed by atoms with Crippen molar-refractivity contribution in [1.29, 1.82) is 0 Å². The molecule has 0 saturated carbocycles. The highest BCUT2D eigenvalue weighted by Crippen LogP contribution is 2.17. The van der Waals surface area contributed by atoms with Crippen molar-refractivity contribution in [3.05, 3.63) is 42.4 Å². The monoisotopic (exact) mass is 220 g/mol. The summed E-state index contributed by atoms with van der Waals surface area (Å²) >= 11 is 0. The average Bonchev–Trinajstić information content (AvgIpc) is 2.96. The number of hydrogen-bond acceptors (Lipinski definition) is 3. The van der Waals surface area contributed by atoms with Crippen LogP contribution in [0.4, 0.5) is 0 Å². The van der Waals surface area contributed by atoms with E-state index in [0.29, 0.717) is 6.42 Å². The molecule has 0 aliphatic carbocycles. The maximum Gasteiger partial charge on any atom is 0.137 e. The summed E-state index contributed by atoms with van der Waals surface area (Å²) in [6.07, 6.45) is 6.07. The van der Waals surface area contributed by atoms with Gasteiger partial charge in [-0.15, -0.1) is 0 Å². The molecule has 1 N–H and O–H groups in total. The smallest absolute Gasteiger partial charge is 0.137 e. The van der Waals surface area contributed by atoms with Gasteiger partial charge in [-0.3, -0.25) is 0 Å². The fraction of sp³-hybridized carbons (Fsp3) is 0.417. The van der Waals surface area contributed by atoms with Gasteiger partial charge in [0.05, 0.1) is 6.26 Å². The fourth-order valence-electron chi connectivity index (χ4n) is 1.75. The van der Waals surface area contributed by atoms with Gasteiger partial charge in [0.25, 0.3) is 0 Å². The molecule has 1 atom stereocenters. The third-order valence-corrected chi connectivity index (χ3v) is 2.63. The summed E-state index contributed by atoms with van der Waals surface area (Å²) in [5.41, 5.74) is 0. The molecule has 4 nitrogen and oxygen atoms in total. The van der Waals surface area contributed by atoms with E-state index in [1.54, 1.807) is 12.5 Å². The first-order chi connectivity index (χ1) is 7.81. The number of aryl methyl sites for hydroxylation is 2. The molecule has 0 radical (unpaired) electrons. The number of aliphatic hydroxyl groups excluding tert-OH is 1. The third-order valence-electron chi connectivity index (χ3n) is 2.63. The quantitative estimate of drug-likeness (QED) is 0.840. The topological polar surface area (TPSA) is 51.2 Å². The van der Waals surface area contributed by atoms with Crippen molar-refractivity contribution in [1.82, 2.24) is 9.55 Å². The van der Waals surface area contributed by atoms with Crippen LogP contribution < -0.4 is 0 Å². The number of imidazole rings is 1. The summed E-state index contributed by atoms with van der Waals surface area (Å²) in [7, 11) is 0. The van der Waals surface area contributed by atoms with Crippen LogP contribution in [0.3, 0.4) is 0 Å². The lowest BCUT2D eigenvalue weighted by atomic mass is 10.1. The standard InChI is InChI=1S/C12H16N2O2/c1-2-14-8-7-13-12(14)11(15)6-5-10-4-3-9-16-10/h3-4,7-9,11,15H,2,5-6H2,1H3. The van der Waals surface area contributed by atoms with Crippen LogP contribution in [-0.2, 0) is 13.0 Å². The van der Waals surface area contributed by atoms with E-state index in [1.165, 1.54) is 0 Å². The molecule has 16 heavy (non-hydrogen) atoms. The van der Waals surface area contributed by atoms with E-state index >= 15 is 0 Å². The molecule has 1 unspecified atom stereocenters. The van der Waals surface area contributed by atoms with Crippen LogP contribution >= 0.6 is 0 Å². The molecule has 86 valence electrons. The van der Waals surface area contributed by atoms with E-state index < -0.39 is 6.10 Å². The summed E-state index contributed by atoms with van der Waals surface area (Å²) in [5, 5.41) is 10.00. The largest absolute Gasteiger partial charge is 0.469 e. The van der Waals surface area contributed by atoms with E-state index in [0.717, 1.165) is 24.6 Å². The lowest BCUT2D eigenvalue weighted by Gasteiger charge is -2.10. The van der Waals surface area contributed by atoms with Crippen LogP contribution in [0, 0.1) is 0 Å². The van der Waals surface area contributed by atoms with Gasteiger partial charge in [-0.2, -0.15) is 0 Å². The van der Waals surface area contributed by atoms with Gasteiger partial charge in [0.2, 0.25) is 0 Å². The highest BCUT2D eigenvalue weighted by Gasteiger charge is 2.13. The van der Waals surface area contributed by atoms with Gasteiger partial charge in [-0.1, -0.05) is 0 Å². The molecule has 2 aromatic heterocycles. The van der Waals surface area contributed by atoms with Crippen molar-refractivity contribution in [2.24, 2.45) is 0 Å². The van der Waals surface area contributed by atoms with Crippen molar-refractivity contribution < 1.29 is 9.52 Å². The average molecular weight is 220 g/mol. The summed E-state index contributed by atoms with van der Waals surface area (Å²) in [6, 6.07) is 3.77. The summed E-state index contributed by atoms with van der Waals surface area (Å²) < 4.78 is 7.17. The molecular weight excluding hydrogens is 204 g/mol. The molecule has 0 bridgehead atoms. The molecule has 0 spiro atoms. The Hall–Kier alpha value is -1.55. The minimum Gasteiger partial charge on any atom is -0.469 e. The number of aliphatic hydroxyl groups is 1. The first kappa shape index (κ1) is 11.0. The van der Waals surface area contributed by atoms with E-state index in [2.05, 4.69) is 4.98 Å². The van der Waals surface area contributed by atoms with Crippen LogP contribution in [0.25, 0.3) is 0 Å². The Morgan fingerprint density at radius 1 is 1.56 bits per heavy atom. The molecule has 2 aromatic rings. The Labute approximate surface area is 94.5 Å². The molecule has 2 rings (SSSR count). The molecule has 0 aromatic carbocycles. The lowest BCUT2D eigenvalue weighted by Crippen LogP contribution is -2.08. The zero-order valence-electron chi connectivity index (χ0n) is 9.34. The minimum atomic E-state index is -0.528. The maximum absolute atomic E-state index is 10.00. The molecule has 4 heteroatoms. The molecule has 0 saturated heterocycles. The Morgan fingerprint density at radius 2 is 2.44 bits per heavy atom. The highest BCUT2D eigenvalue weighted by atomic mass is 16.3. The highest BCUT2D eigenvalue weighted by molar-refractivity contribution is 5.01. The molecule has 0 fully saturated rings. The Bertz CT molecular complexity index is 420. The zero-order chi connectivity index (χ0) is 11.4. The second-order valence-electron chi connectivity index (χ2n) is 3.71. The Morgan fingerprint density at radius 3 is 3.12 bits per heavy atom. The molecule has 0 aliphatic rings. The molecule has 0 amide bonds. The number of nitrogens with zero attached hydrogens (tertiary/aromatic N) is 2. The van der Waals surface area contributed by atoms with Gasteiger partial charge in [-0.05, 0) is 25.5 Å². The Balaban J connectivity index is 1.95. The minimum absolute atomic E-state index is 0.528. The number of rotatable bonds is 5. The predicted molar refractivity (Wildman–Crippen MR) is 59.9 cm³/mol. The Kier molecular flexibility index (Phi) is 3.41. The summed E-state index contributed by atoms with van der Waals surface area (Å²) in [4.78, 5) is 4.17. The van der Waals surface area contributed by atoms with Crippen LogP contribution in [0.2, 0.25) is 0 Å². The van der Waals surface area contributed by atoms with Gasteiger partial charge >= 0.3 is 0 Å².